The Kier molecular flexibility index (Phi) is 5.77. The first-order valence-corrected chi connectivity index (χ1v) is 13.6. The number of sulfonamides is 1. The molecule has 0 spiro atoms. The lowest BCUT2D eigenvalue weighted by Gasteiger charge is -2.33. The summed E-state index contributed by atoms with van der Waals surface area (Å²) in [6.07, 6.45) is 6.39. The van der Waals surface area contributed by atoms with Gasteiger partial charge in [0.1, 0.15) is 22.8 Å². The molecule has 0 radical (unpaired) electrons. The summed E-state index contributed by atoms with van der Waals surface area (Å²) in [5.74, 6) is 1.70. The van der Waals surface area contributed by atoms with Crippen LogP contribution in [-0.4, -0.2) is 23.4 Å². The minimum atomic E-state index is -3.72. The molecule has 0 saturated heterocycles. The summed E-state index contributed by atoms with van der Waals surface area (Å²) >= 11 is 1.77. The van der Waals surface area contributed by atoms with Crippen LogP contribution in [0.5, 0.6) is 0 Å². The third kappa shape index (κ3) is 4.50. The molecule has 1 aliphatic rings. The van der Waals surface area contributed by atoms with E-state index in [1.54, 1.807) is 66.3 Å². The van der Waals surface area contributed by atoms with Gasteiger partial charge in [-0.1, -0.05) is 26.8 Å². The molecule has 2 N–H and O–H groups in total. The Bertz CT molecular complexity index is 1430. The van der Waals surface area contributed by atoms with Crippen LogP contribution in [-0.2, 0) is 22.9 Å². The Morgan fingerprint density at radius 2 is 1.82 bits per heavy atom. The number of thiophene rings is 1. The molecular weight excluding hydrogens is 466 g/mol. The van der Waals surface area contributed by atoms with Crippen molar-refractivity contribution in [3.63, 3.8) is 0 Å². The number of pyridine rings is 1. The summed E-state index contributed by atoms with van der Waals surface area (Å²) in [6.45, 7) is 6.95. The molecule has 3 aromatic heterocycles. The van der Waals surface area contributed by atoms with Gasteiger partial charge >= 0.3 is 0 Å². The average Bonchev–Trinajstić information content (AvgIpc) is 3.18. The first-order valence-electron chi connectivity index (χ1n) is 11.3. The zero-order valence-corrected chi connectivity index (χ0v) is 21.0. The maximum atomic E-state index is 12.7. The van der Waals surface area contributed by atoms with E-state index in [0.29, 0.717) is 5.92 Å². The van der Waals surface area contributed by atoms with E-state index in [1.807, 2.05) is 0 Å². The number of aromatic nitrogens is 3. The molecular formula is C25H27N5O2S2. The van der Waals surface area contributed by atoms with Crippen molar-refractivity contribution in [3.05, 3.63) is 65.4 Å². The number of aryl methyl sites for hydroxylation is 1. The van der Waals surface area contributed by atoms with Gasteiger partial charge in [-0.05, 0) is 72.6 Å². The van der Waals surface area contributed by atoms with Crippen LogP contribution < -0.4 is 10.0 Å². The lowest BCUT2D eigenvalue weighted by Crippen LogP contribution is -2.26. The molecule has 5 rings (SSSR count). The van der Waals surface area contributed by atoms with Crippen molar-refractivity contribution < 1.29 is 8.42 Å². The molecule has 0 bridgehead atoms. The summed E-state index contributed by atoms with van der Waals surface area (Å²) < 4.78 is 27.9. The van der Waals surface area contributed by atoms with Crippen molar-refractivity contribution in [3.8, 4) is 0 Å². The summed E-state index contributed by atoms with van der Waals surface area (Å²) in [5.41, 5.74) is 2.40. The van der Waals surface area contributed by atoms with Crippen molar-refractivity contribution in [2.45, 2.75) is 44.9 Å². The molecule has 7 nitrogen and oxygen atoms in total. The smallest absolute Gasteiger partial charge is 0.263 e. The van der Waals surface area contributed by atoms with Crippen LogP contribution >= 0.6 is 11.3 Å². The standard InChI is InChI=1S/C25H27N5O2S2/c1-25(2,3)16-7-12-19-20(14-16)33-24-22(19)23(27-15-28-24)29-17-8-10-18(11-9-17)34(31,32)30-21-6-4-5-13-26-21/h4-6,8-11,13,15-16H,7,12,14H2,1-3H3,(H,26,30)(H,27,28,29). The van der Waals surface area contributed by atoms with Gasteiger partial charge in [0.2, 0.25) is 0 Å². The SMILES string of the molecule is CC(C)(C)C1CCc2c(sc3ncnc(Nc4ccc(S(=O)(=O)Nc5ccccn5)cc4)c23)C1. The summed E-state index contributed by atoms with van der Waals surface area (Å²) in [7, 11) is -3.72. The molecule has 1 aliphatic carbocycles. The monoisotopic (exact) mass is 493 g/mol. The van der Waals surface area contributed by atoms with E-state index in [-0.39, 0.29) is 16.1 Å². The molecule has 0 amide bonds. The lowest BCUT2D eigenvalue weighted by atomic mass is 9.72. The number of hydrogen-bond donors (Lipinski definition) is 2. The summed E-state index contributed by atoms with van der Waals surface area (Å²) in [6, 6.07) is 11.7. The number of nitrogens with zero attached hydrogens (tertiary/aromatic N) is 3. The van der Waals surface area contributed by atoms with Crippen LogP contribution in [0.3, 0.4) is 0 Å². The van der Waals surface area contributed by atoms with Crippen LogP contribution in [0.25, 0.3) is 10.2 Å². The third-order valence-corrected chi connectivity index (χ3v) is 8.93. The molecule has 4 aromatic rings. The van der Waals surface area contributed by atoms with E-state index in [2.05, 4.69) is 45.8 Å². The number of rotatable bonds is 5. The lowest BCUT2D eigenvalue weighted by molar-refractivity contribution is 0.218. The molecule has 0 fully saturated rings. The zero-order chi connectivity index (χ0) is 23.9. The molecule has 1 atom stereocenters. The predicted molar refractivity (Wildman–Crippen MR) is 137 cm³/mol. The first-order chi connectivity index (χ1) is 16.2. The second-order valence-corrected chi connectivity index (χ2v) is 12.4. The Hall–Kier alpha value is -3.04. The molecule has 0 aliphatic heterocycles. The second kappa shape index (κ2) is 8.63. The van der Waals surface area contributed by atoms with E-state index >= 15 is 0 Å². The van der Waals surface area contributed by atoms with Crippen LogP contribution in [0.15, 0.2) is 59.9 Å². The number of hydrogen-bond acceptors (Lipinski definition) is 7. The van der Waals surface area contributed by atoms with Crippen molar-refractivity contribution in [2.24, 2.45) is 11.3 Å². The predicted octanol–water partition coefficient (Wildman–Crippen LogP) is 5.78. The maximum absolute atomic E-state index is 12.7. The minimum Gasteiger partial charge on any atom is -0.340 e. The largest absolute Gasteiger partial charge is 0.340 e. The Morgan fingerprint density at radius 3 is 2.53 bits per heavy atom. The Balaban J connectivity index is 1.39. The highest BCUT2D eigenvalue weighted by Gasteiger charge is 2.31. The Morgan fingerprint density at radius 1 is 1.03 bits per heavy atom. The number of anilines is 3. The van der Waals surface area contributed by atoms with E-state index in [4.69, 9.17) is 0 Å². The summed E-state index contributed by atoms with van der Waals surface area (Å²) in [5, 5.41) is 4.47. The van der Waals surface area contributed by atoms with Gasteiger partial charge in [-0.15, -0.1) is 11.3 Å². The maximum Gasteiger partial charge on any atom is 0.263 e. The molecule has 9 heteroatoms. The molecule has 1 aromatic carbocycles. The molecule has 176 valence electrons. The van der Waals surface area contributed by atoms with Gasteiger partial charge < -0.3 is 5.32 Å². The van der Waals surface area contributed by atoms with Gasteiger partial charge in [0.25, 0.3) is 10.0 Å². The van der Waals surface area contributed by atoms with Crippen LogP contribution in [0.4, 0.5) is 17.3 Å². The Labute approximate surface area is 203 Å². The second-order valence-electron chi connectivity index (χ2n) is 9.68. The molecule has 0 saturated carbocycles. The van der Waals surface area contributed by atoms with Gasteiger partial charge in [-0.3, -0.25) is 4.72 Å². The highest BCUT2D eigenvalue weighted by molar-refractivity contribution is 7.92. The highest BCUT2D eigenvalue weighted by Crippen LogP contribution is 2.44. The minimum absolute atomic E-state index is 0.165. The van der Waals surface area contributed by atoms with Crippen molar-refractivity contribution in [1.82, 2.24) is 15.0 Å². The average molecular weight is 494 g/mol. The third-order valence-electron chi connectivity index (χ3n) is 6.40. The van der Waals surface area contributed by atoms with Gasteiger partial charge in [0, 0.05) is 16.8 Å². The fourth-order valence-electron chi connectivity index (χ4n) is 4.42. The van der Waals surface area contributed by atoms with Crippen molar-refractivity contribution >= 4 is 48.9 Å². The molecule has 34 heavy (non-hydrogen) atoms. The van der Waals surface area contributed by atoms with Crippen LogP contribution in [0.2, 0.25) is 0 Å². The van der Waals surface area contributed by atoms with Gasteiger partial charge in [0.05, 0.1) is 10.3 Å². The first kappa shape index (κ1) is 22.7. The number of nitrogens with one attached hydrogen (secondary N) is 2. The molecule has 1 unspecified atom stereocenters. The van der Waals surface area contributed by atoms with Crippen molar-refractivity contribution in [2.75, 3.05) is 10.0 Å². The fraction of sp³-hybridized carbons (Fsp3) is 0.320. The molecule has 3 heterocycles. The topological polar surface area (TPSA) is 96.9 Å². The van der Waals surface area contributed by atoms with E-state index in [0.717, 1.165) is 41.0 Å². The van der Waals surface area contributed by atoms with E-state index in [9.17, 15) is 8.42 Å². The quantitative estimate of drug-likeness (QED) is 0.366. The highest BCUT2D eigenvalue weighted by atomic mass is 32.2. The van der Waals surface area contributed by atoms with E-state index < -0.39 is 10.0 Å². The normalized spacial score (nSPS) is 16.3. The van der Waals surface area contributed by atoms with Gasteiger partial charge in [-0.2, -0.15) is 0 Å². The van der Waals surface area contributed by atoms with Gasteiger partial charge in [0.15, 0.2) is 0 Å². The fourth-order valence-corrected chi connectivity index (χ4v) is 6.69. The van der Waals surface area contributed by atoms with Gasteiger partial charge in [-0.25, -0.2) is 23.4 Å². The number of fused-ring (bicyclic) bond motifs is 3. The van der Waals surface area contributed by atoms with Crippen LogP contribution in [0, 0.1) is 11.3 Å². The number of benzene rings is 1. The zero-order valence-electron chi connectivity index (χ0n) is 19.4. The van der Waals surface area contributed by atoms with Crippen molar-refractivity contribution in [1.29, 1.82) is 0 Å². The van der Waals surface area contributed by atoms with E-state index in [1.165, 1.54) is 10.4 Å². The van der Waals surface area contributed by atoms with Crippen LogP contribution in [0.1, 0.15) is 37.6 Å². The summed E-state index contributed by atoms with van der Waals surface area (Å²) in [4.78, 5) is 15.7.